The summed E-state index contributed by atoms with van der Waals surface area (Å²) in [6.07, 6.45) is 6.88. The van der Waals surface area contributed by atoms with Crippen molar-refractivity contribution in [3.05, 3.63) is 53.4 Å². The largest absolute Gasteiger partial charge is 0.339 e. The summed E-state index contributed by atoms with van der Waals surface area (Å²) in [5.41, 5.74) is 2.76. The highest BCUT2D eigenvalue weighted by atomic mass is 19.1. The zero-order valence-electron chi connectivity index (χ0n) is 13.4. The minimum Gasteiger partial charge on any atom is -0.339 e. The van der Waals surface area contributed by atoms with E-state index in [-0.39, 0.29) is 11.7 Å². The zero-order chi connectivity index (χ0) is 16.4. The molecule has 1 fully saturated rings. The molecule has 2 aromatic rings. The highest BCUT2D eigenvalue weighted by Crippen LogP contribution is 2.22. The van der Waals surface area contributed by atoms with Crippen molar-refractivity contribution in [2.24, 2.45) is 0 Å². The molecule has 0 spiro atoms. The van der Waals surface area contributed by atoms with E-state index in [4.69, 9.17) is 0 Å². The van der Waals surface area contributed by atoms with Gasteiger partial charge < -0.3 is 9.47 Å². The van der Waals surface area contributed by atoms with Gasteiger partial charge in [0.1, 0.15) is 5.82 Å². The van der Waals surface area contributed by atoms with E-state index in [1.165, 1.54) is 6.07 Å². The lowest BCUT2D eigenvalue weighted by molar-refractivity contribution is -0.128. The van der Waals surface area contributed by atoms with Gasteiger partial charge in [0, 0.05) is 24.9 Å². The standard InChI is InChI=1S/C18H20FN3O/c1-3-21-8-4-5-15(18(21)23)9-14-6-7-17(16(19)10-14)22-11-13(2)20-12-22/h6-7,9-12H,3-5,8H2,1-2H3/b15-9+. The molecular formula is C18H20FN3O. The molecule has 1 saturated heterocycles. The van der Waals surface area contributed by atoms with E-state index in [0.717, 1.165) is 30.7 Å². The van der Waals surface area contributed by atoms with Crippen LogP contribution in [0.1, 0.15) is 31.0 Å². The maximum atomic E-state index is 14.4. The van der Waals surface area contributed by atoms with Crippen LogP contribution >= 0.6 is 0 Å². The Morgan fingerprint density at radius 3 is 2.87 bits per heavy atom. The summed E-state index contributed by atoms with van der Waals surface area (Å²) in [7, 11) is 0. The molecule has 1 aromatic heterocycles. The van der Waals surface area contributed by atoms with E-state index in [1.807, 2.05) is 24.8 Å². The molecule has 1 aromatic carbocycles. The minimum absolute atomic E-state index is 0.0634. The molecule has 1 aliphatic rings. The number of imidazole rings is 1. The number of aryl methyl sites for hydroxylation is 1. The number of halogens is 1. The number of rotatable bonds is 3. The van der Waals surface area contributed by atoms with Crippen LogP contribution < -0.4 is 0 Å². The van der Waals surface area contributed by atoms with Crippen LogP contribution in [0.4, 0.5) is 4.39 Å². The predicted molar refractivity (Wildman–Crippen MR) is 87.7 cm³/mol. The zero-order valence-corrected chi connectivity index (χ0v) is 13.4. The summed E-state index contributed by atoms with van der Waals surface area (Å²) in [5.74, 6) is -0.263. The van der Waals surface area contributed by atoms with E-state index >= 15 is 0 Å². The Morgan fingerprint density at radius 2 is 2.22 bits per heavy atom. The fraction of sp³-hybridized carbons (Fsp3) is 0.333. The number of piperidine rings is 1. The Kier molecular flexibility index (Phi) is 4.28. The minimum atomic E-state index is -0.327. The first-order valence-electron chi connectivity index (χ1n) is 7.89. The SMILES string of the molecule is CCN1CCC/C(=C\c2ccc(-n3cnc(C)c3)c(F)c2)C1=O. The molecular weight excluding hydrogens is 293 g/mol. The van der Waals surface area contributed by atoms with Crippen LogP contribution in [-0.4, -0.2) is 33.4 Å². The van der Waals surface area contributed by atoms with Crippen LogP contribution in [-0.2, 0) is 4.79 Å². The number of carbonyl (C=O) groups excluding carboxylic acids is 1. The topological polar surface area (TPSA) is 38.1 Å². The summed E-state index contributed by atoms with van der Waals surface area (Å²) in [5, 5.41) is 0. The smallest absolute Gasteiger partial charge is 0.249 e. The number of nitrogens with zero attached hydrogens (tertiary/aromatic N) is 3. The molecule has 3 rings (SSSR count). The monoisotopic (exact) mass is 313 g/mol. The highest BCUT2D eigenvalue weighted by molar-refractivity contribution is 5.98. The lowest BCUT2D eigenvalue weighted by Gasteiger charge is -2.27. The predicted octanol–water partition coefficient (Wildman–Crippen LogP) is 3.35. The second kappa shape index (κ2) is 6.36. The molecule has 1 aliphatic heterocycles. The van der Waals surface area contributed by atoms with E-state index < -0.39 is 0 Å². The lowest BCUT2D eigenvalue weighted by atomic mass is 10.0. The van der Waals surface area contributed by atoms with Gasteiger partial charge in [-0.1, -0.05) is 6.07 Å². The number of amides is 1. The van der Waals surface area contributed by atoms with Crippen LogP contribution in [0.3, 0.4) is 0 Å². The third-order valence-electron chi connectivity index (χ3n) is 4.12. The van der Waals surface area contributed by atoms with Crippen LogP contribution in [0.15, 0.2) is 36.3 Å². The molecule has 0 aliphatic carbocycles. The van der Waals surface area contributed by atoms with E-state index in [9.17, 15) is 9.18 Å². The number of likely N-dealkylation sites (tertiary alicyclic amines) is 1. The van der Waals surface area contributed by atoms with E-state index in [1.54, 1.807) is 29.2 Å². The lowest BCUT2D eigenvalue weighted by Crippen LogP contribution is -2.36. The van der Waals surface area contributed by atoms with Crippen molar-refractivity contribution in [2.75, 3.05) is 13.1 Å². The molecule has 0 saturated carbocycles. The van der Waals surface area contributed by atoms with Crippen molar-refractivity contribution in [3.8, 4) is 5.69 Å². The molecule has 0 bridgehead atoms. The number of aromatic nitrogens is 2. The molecule has 4 nitrogen and oxygen atoms in total. The van der Waals surface area contributed by atoms with Crippen molar-refractivity contribution in [1.29, 1.82) is 0 Å². The molecule has 2 heterocycles. The van der Waals surface area contributed by atoms with Crippen LogP contribution in [0.25, 0.3) is 11.8 Å². The third kappa shape index (κ3) is 3.18. The number of likely N-dealkylation sites (N-methyl/N-ethyl adjacent to an activating group) is 1. The average molecular weight is 313 g/mol. The molecule has 0 atom stereocenters. The van der Waals surface area contributed by atoms with Crippen molar-refractivity contribution in [1.82, 2.24) is 14.5 Å². The van der Waals surface area contributed by atoms with Gasteiger partial charge in [0.15, 0.2) is 0 Å². The van der Waals surface area contributed by atoms with Gasteiger partial charge in [-0.25, -0.2) is 9.37 Å². The molecule has 0 radical (unpaired) electrons. The molecule has 1 amide bonds. The fourth-order valence-corrected chi connectivity index (χ4v) is 2.88. The number of hydrogen-bond acceptors (Lipinski definition) is 2. The van der Waals surface area contributed by atoms with E-state index in [0.29, 0.717) is 17.8 Å². The molecule has 120 valence electrons. The number of benzene rings is 1. The third-order valence-corrected chi connectivity index (χ3v) is 4.12. The van der Waals surface area contributed by atoms with Crippen LogP contribution in [0.5, 0.6) is 0 Å². The van der Waals surface area contributed by atoms with Gasteiger partial charge in [0.2, 0.25) is 5.91 Å². The number of hydrogen-bond donors (Lipinski definition) is 0. The Balaban J connectivity index is 1.88. The summed E-state index contributed by atoms with van der Waals surface area (Å²) in [6, 6.07) is 5.02. The fourth-order valence-electron chi connectivity index (χ4n) is 2.88. The van der Waals surface area contributed by atoms with Gasteiger partial charge in [-0.3, -0.25) is 4.79 Å². The van der Waals surface area contributed by atoms with Gasteiger partial charge >= 0.3 is 0 Å². The summed E-state index contributed by atoms with van der Waals surface area (Å²) in [4.78, 5) is 18.2. The quantitative estimate of drug-likeness (QED) is 0.815. The summed E-state index contributed by atoms with van der Waals surface area (Å²) >= 11 is 0. The first kappa shape index (κ1) is 15.5. The van der Waals surface area contributed by atoms with Crippen molar-refractivity contribution in [2.45, 2.75) is 26.7 Å². The first-order valence-corrected chi connectivity index (χ1v) is 7.89. The Morgan fingerprint density at radius 1 is 1.39 bits per heavy atom. The van der Waals surface area contributed by atoms with Crippen molar-refractivity contribution >= 4 is 12.0 Å². The number of carbonyl (C=O) groups is 1. The Labute approximate surface area is 135 Å². The van der Waals surface area contributed by atoms with E-state index in [2.05, 4.69) is 4.98 Å². The van der Waals surface area contributed by atoms with Gasteiger partial charge in [-0.2, -0.15) is 0 Å². The maximum Gasteiger partial charge on any atom is 0.249 e. The normalized spacial score (nSPS) is 17.1. The average Bonchev–Trinajstić information content (AvgIpc) is 2.96. The van der Waals surface area contributed by atoms with Crippen LogP contribution in [0.2, 0.25) is 0 Å². The Hall–Kier alpha value is -2.43. The Bertz CT molecular complexity index is 763. The molecule has 23 heavy (non-hydrogen) atoms. The summed E-state index contributed by atoms with van der Waals surface area (Å²) < 4.78 is 16.0. The van der Waals surface area contributed by atoms with Gasteiger partial charge in [0.25, 0.3) is 0 Å². The van der Waals surface area contributed by atoms with Crippen molar-refractivity contribution < 1.29 is 9.18 Å². The van der Waals surface area contributed by atoms with Gasteiger partial charge in [-0.05, 0) is 50.5 Å². The van der Waals surface area contributed by atoms with Crippen molar-refractivity contribution in [3.63, 3.8) is 0 Å². The van der Waals surface area contributed by atoms with Crippen LogP contribution in [0, 0.1) is 12.7 Å². The highest BCUT2D eigenvalue weighted by Gasteiger charge is 2.21. The molecule has 0 unspecified atom stereocenters. The second-order valence-corrected chi connectivity index (χ2v) is 5.79. The van der Waals surface area contributed by atoms with Gasteiger partial charge in [0.05, 0.1) is 17.7 Å². The second-order valence-electron chi connectivity index (χ2n) is 5.79. The van der Waals surface area contributed by atoms with Gasteiger partial charge in [-0.15, -0.1) is 0 Å². The maximum absolute atomic E-state index is 14.4. The summed E-state index contributed by atoms with van der Waals surface area (Å²) in [6.45, 7) is 5.35. The first-order chi connectivity index (χ1) is 11.1. The molecule has 0 N–H and O–H groups in total. The molecule has 5 heteroatoms.